The van der Waals surface area contributed by atoms with Crippen LogP contribution in [0.15, 0.2) is 18.2 Å². The highest BCUT2D eigenvalue weighted by molar-refractivity contribution is 7.98. The first-order chi connectivity index (χ1) is 8.58. The van der Waals surface area contributed by atoms with E-state index < -0.39 is 17.8 Å². The van der Waals surface area contributed by atoms with Crippen LogP contribution in [0.3, 0.4) is 0 Å². The standard InChI is InChI=1S/C12H13FN2O2S/c1-17-12(16)11(15)7-18-6-8-2-3-10(13)4-9(8)5-14/h2-4,11H,6-7,15H2,1H3. The van der Waals surface area contributed by atoms with Gasteiger partial charge in [0.2, 0.25) is 0 Å². The first kappa shape index (κ1) is 14.5. The van der Waals surface area contributed by atoms with Gasteiger partial charge in [-0.15, -0.1) is 0 Å². The van der Waals surface area contributed by atoms with Crippen LogP contribution in [-0.2, 0) is 15.3 Å². The van der Waals surface area contributed by atoms with Gasteiger partial charge in [-0.3, -0.25) is 4.79 Å². The van der Waals surface area contributed by atoms with Gasteiger partial charge in [0.1, 0.15) is 11.9 Å². The van der Waals surface area contributed by atoms with Crippen LogP contribution in [-0.4, -0.2) is 24.9 Å². The van der Waals surface area contributed by atoms with E-state index in [-0.39, 0.29) is 0 Å². The fourth-order valence-corrected chi connectivity index (χ4v) is 2.27. The number of carbonyl (C=O) groups excluding carboxylic acids is 1. The Kier molecular flexibility index (Phi) is 5.62. The lowest BCUT2D eigenvalue weighted by Gasteiger charge is -2.09. The van der Waals surface area contributed by atoms with Gasteiger partial charge in [-0.05, 0) is 17.7 Å². The number of hydrogen-bond donors (Lipinski definition) is 1. The average Bonchev–Trinajstić information content (AvgIpc) is 2.39. The van der Waals surface area contributed by atoms with Crippen molar-refractivity contribution in [3.8, 4) is 6.07 Å². The average molecular weight is 268 g/mol. The van der Waals surface area contributed by atoms with Gasteiger partial charge in [0.05, 0.1) is 18.7 Å². The second-order valence-electron chi connectivity index (χ2n) is 3.56. The quantitative estimate of drug-likeness (QED) is 0.817. The van der Waals surface area contributed by atoms with Gasteiger partial charge in [-0.25, -0.2) is 4.39 Å². The lowest BCUT2D eigenvalue weighted by atomic mass is 10.1. The Morgan fingerprint density at radius 1 is 1.67 bits per heavy atom. The van der Waals surface area contributed by atoms with Crippen LogP contribution in [0.2, 0.25) is 0 Å². The zero-order valence-corrected chi connectivity index (χ0v) is 10.7. The Hall–Kier alpha value is -1.58. The molecule has 0 heterocycles. The Morgan fingerprint density at radius 3 is 3.00 bits per heavy atom. The molecular formula is C12H13FN2O2S. The van der Waals surface area contributed by atoms with Crippen molar-refractivity contribution in [2.75, 3.05) is 12.9 Å². The Balaban J connectivity index is 2.54. The third-order valence-electron chi connectivity index (χ3n) is 2.25. The maximum Gasteiger partial charge on any atom is 0.323 e. The molecule has 0 aliphatic rings. The molecule has 6 heteroatoms. The number of rotatable bonds is 5. The van der Waals surface area contributed by atoms with Gasteiger partial charge in [-0.2, -0.15) is 17.0 Å². The van der Waals surface area contributed by atoms with Crippen LogP contribution in [0, 0.1) is 17.1 Å². The Labute approximate surface area is 109 Å². The molecule has 0 radical (unpaired) electrons. The molecule has 96 valence electrons. The molecule has 2 N–H and O–H groups in total. The molecule has 0 fully saturated rings. The maximum absolute atomic E-state index is 12.9. The van der Waals surface area contributed by atoms with E-state index in [1.807, 2.05) is 6.07 Å². The molecule has 4 nitrogen and oxygen atoms in total. The molecule has 0 amide bonds. The molecule has 1 atom stereocenters. The number of thioether (sulfide) groups is 1. The predicted octanol–water partition coefficient (Wildman–Crippen LogP) is 1.43. The molecule has 0 spiro atoms. The summed E-state index contributed by atoms with van der Waals surface area (Å²) in [5.74, 6) is -0.0309. The lowest BCUT2D eigenvalue weighted by molar-refractivity contribution is -0.141. The topological polar surface area (TPSA) is 76.1 Å². The normalized spacial score (nSPS) is 11.7. The van der Waals surface area contributed by atoms with Gasteiger partial charge in [0.25, 0.3) is 0 Å². The summed E-state index contributed by atoms with van der Waals surface area (Å²) in [4.78, 5) is 11.1. The van der Waals surface area contributed by atoms with E-state index in [1.54, 1.807) is 6.07 Å². The zero-order valence-electron chi connectivity index (χ0n) is 9.85. The fraction of sp³-hybridized carbons (Fsp3) is 0.333. The molecule has 1 rings (SSSR count). The molecule has 18 heavy (non-hydrogen) atoms. The minimum Gasteiger partial charge on any atom is -0.468 e. The van der Waals surface area contributed by atoms with Crippen LogP contribution in [0.1, 0.15) is 11.1 Å². The highest BCUT2D eigenvalue weighted by Gasteiger charge is 2.13. The molecule has 0 aliphatic carbocycles. The molecule has 0 aromatic heterocycles. The molecule has 1 aromatic rings. The molecule has 1 aromatic carbocycles. The van der Waals surface area contributed by atoms with Crippen LogP contribution in [0.25, 0.3) is 0 Å². The molecule has 0 saturated carbocycles. The first-order valence-electron chi connectivity index (χ1n) is 5.18. The van der Waals surface area contributed by atoms with E-state index in [4.69, 9.17) is 11.0 Å². The number of esters is 1. The van der Waals surface area contributed by atoms with Crippen LogP contribution in [0.4, 0.5) is 4.39 Å². The van der Waals surface area contributed by atoms with Crippen LogP contribution >= 0.6 is 11.8 Å². The second-order valence-corrected chi connectivity index (χ2v) is 4.59. The fourth-order valence-electron chi connectivity index (χ4n) is 1.29. The molecule has 0 saturated heterocycles. The third kappa shape index (κ3) is 4.02. The van der Waals surface area contributed by atoms with Gasteiger partial charge in [0, 0.05) is 11.5 Å². The van der Waals surface area contributed by atoms with Gasteiger partial charge in [0.15, 0.2) is 0 Å². The maximum atomic E-state index is 12.9. The van der Waals surface area contributed by atoms with E-state index in [2.05, 4.69) is 4.74 Å². The number of hydrogen-bond acceptors (Lipinski definition) is 5. The number of methoxy groups -OCH3 is 1. The number of nitrogens with two attached hydrogens (primary N) is 1. The van der Waals surface area contributed by atoms with Crippen molar-refractivity contribution >= 4 is 17.7 Å². The van der Waals surface area contributed by atoms with Crippen molar-refractivity contribution in [2.24, 2.45) is 5.73 Å². The number of halogens is 1. The van der Waals surface area contributed by atoms with E-state index in [9.17, 15) is 9.18 Å². The zero-order chi connectivity index (χ0) is 13.5. The van der Waals surface area contributed by atoms with Crippen molar-refractivity contribution in [1.29, 1.82) is 5.26 Å². The lowest BCUT2D eigenvalue weighted by Crippen LogP contribution is -2.33. The van der Waals surface area contributed by atoms with E-state index in [0.29, 0.717) is 17.1 Å². The smallest absolute Gasteiger partial charge is 0.323 e. The van der Waals surface area contributed by atoms with E-state index >= 15 is 0 Å². The Bertz CT molecular complexity index is 474. The van der Waals surface area contributed by atoms with Crippen LogP contribution < -0.4 is 5.73 Å². The van der Waals surface area contributed by atoms with Crippen LogP contribution in [0.5, 0.6) is 0 Å². The molecule has 0 aliphatic heterocycles. The monoisotopic (exact) mass is 268 g/mol. The summed E-state index contributed by atoms with van der Waals surface area (Å²) in [5.41, 5.74) is 6.59. The minimum absolute atomic E-state index is 0.300. The Morgan fingerprint density at radius 2 is 2.39 bits per heavy atom. The van der Waals surface area contributed by atoms with Gasteiger partial charge < -0.3 is 10.5 Å². The van der Waals surface area contributed by atoms with Crippen molar-refractivity contribution in [3.63, 3.8) is 0 Å². The third-order valence-corrected chi connectivity index (χ3v) is 3.36. The SMILES string of the molecule is COC(=O)C(N)CSCc1ccc(F)cc1C#N. The number of nitrogens with zero attached hydrogens (tertiary/aromatic N) is 1. The highest BCUT2D eigenvalue weighted by Crippen LogP contribution is 2.18. The van der Waals surface area contributed by atoms with Crippen molar-refractivity contribution in [1.82, 2.24) is 0 Å². The highest BCUT2D eigenvalue weighted by atomic mass is 32.2. The predicted molar refractivity (Wildman–Crippen MR) is 67.3 cm³/mol. The summed E-state index contributed by atoms with van der Waals surface area (Å²) in [7, 11) is 1.28. The van der Waals surface area contributed by atoms with Crippen molar-refractivity contribution in [2.45, 2.75) is 11.8 Å². The number of nitriles is 1. The largest absolute Gasteiger partial charge is 0.468 e. The first-order valence-corrected chi connectivity index (χ1v) is 6.33. The summed E-state index contributed by atoms with van der Waals surface area (Å²) in [6.07, 6.45) is 0. The number of benzene rings is 1. The van der Waals surface area contributed by atoms with Gasteiger partial charge >= 0.3 is 5.97 Å². The summed E-state index contributed by atoms with van der Waals surface area (Å²) in [6, 6.07) is 5.30. The van der Waals surface area contributed by atoms with E-state index in [0.717, 1.165) is 5.56 Å². The molecule has 0 bridgehead atoms. The number of carbonyl (C=O) groups is 1. The molecular weight excluding hydrogens is 255 g/mol. The van der Waals surface area contributed by atoms with E-state index in [1.165, 1.54) is 31.0 Å². The van der Waals surface area contributed by atoms with Crippen molar-refractivity contribution in [3.05, 3.63) is 35.1 Å². The number of ether oxygens (including phenoxy) is 1. The minimum atomic E-state index is -0.689. The second kappa shape index (κ2) is 6.99. The molecule has 1 unspecified atom stereocenters. The summed E-state index contributed by atoms with van der Waals surface area (Å²) in [5, 5.41) is 8.85. The summed E-state index contributed by atoms with van der Waals surface area (Å²) < 4.78 is 17.4. The summed E-state index contributed by atoms with van der Waals surface area (Å²) in [6.45, 7) is 0. The summed E-state index contributed by atoms with van der Waals surface area (Å²) >= 11 is 1.39. The van der Waals surface area contributed by atoms with Crippen molar-refractivity contribution < 1.29 is 13.9 Å². The van der Waals surface area contributed by atoms with Gasteiger partial charge in [-0.1, -0.05) is 6.07 Å².